The number of amides is 1. The molecule has 0 rings (SSSR count). The molecule has 0 aliphatic rings. The largest absolute Gasteiger partial charge is 0.692 e. The van der Waals surface area contributed by atoms with Gasteiger partial charge in [0.25, 0.3) is 0 Å². The molecular weight excluding hydrogens is 133 g/mol. The van der Waals surface area contributed by atoms with Crippen molar-refractivity contribution in [2.24, 2.45) is 5.73 Å². The van der Waals surface area contributed by atoms with E-state index in [9.17, 15) is 4.79 Å². The van der Waals surface area contributed by atoms with Crippen LogP contribution in [0.5, 0.6) is 0 Å². The standard InChI is InChI=1S/C2H5NO.HO3P/c1-2(3)4;1-4(2)3/h1H3,(H2,3,4);(H-,1,2,3)/p+1. The smallest absolute Gasteiger partial charge is 0.370 e. The van der Waals surface area contributed by atoms with Gasteiger partial charge in [0, 0.05) is 11.5 Å². The lowest BCUT2D eigenvalue weighted by Crippen LogP contribution is -2.01. The molecule has 0 atom stereocenters. The van der Waals surface area contributed by atoms with Crippen molar-refractivity contribution in [2.45, 2.75) is 6.92 Å². The monoisotopic (exact) mass is 140 g/mol. The zero-order valence-corrected chi connectivity index (χ0v) is 5.13. The Morgan fingerprint density at radius 2 is 1.62 bits per heavy atom. The number of carbonyl (C=O) groups is 1. The second-order valence-corrected chi connectivity index (χ2v) is 1.37. The Kier molecular flexibility index (Phi) is 8.49. The first kappa shape index (κ1) is 10.5. The summed E-state index contributed by atoms with van der Waals surface area (Å²) in [4.78, 5) is 23.5. The van der Waals surface area contributed by atoms with E-state index in [4.69, 9.17) is 14.4 Å². The topological polar surface area (TPSA) is 101 Å². The maximum absolute atomic E-state index is 9.22. The molecule has 4 N–H and O–H groups in total. The van der Waals surface area contributed by atoms with Crippen molar-refractivity contribution in [3.63, 3.8) is 0 Å². The maximum atomic E-state index is 9.22. The molecule has 0 aliphatic carbocycles. The summed E-state index contributed by atoms with van der Waals surface area (Å²) in [7, 11) is -2.87. The van der Waals surface area contributed by atoms with Crippen LogP contribution in [0.1, 0.15) is 6.92 Å². The van der Waals surface area contributed by atoms with Crippen LogP contribution in [0.15, 0.2) is 0 Å². The fourth-order valence-corrected chi connectivity index (χ4v) is 0. The fourth-order valence-electron chi connectivity index (χ4n) is 0. The van der Waals surface area contributed by atoms with E-state index in [1.807, 2.05) is 0 Å². The van der Waals surface area contributed by atoms with Crippen molar-refractivity contribution in [2.75, 3.05) is 0 Å². The zero-order valence-electron chi connectivity index (χ0n) is 4.24. The SMILES string of the molecule is CC(N)=O.O=[P+](O)O. The fraction of sp³-hybridized carbons (Fsp3) is 0.500. The highest BCUT2D eigenvalue weighted by atomic mass is 31.1. The molecule has 0 radical (unpaired) electrons. The second kappa shape index (κ2) is 6.49. The third-order valence-electron chi connectivity index (χ3n) is 0. The van der Waals surface area contributed by atoms with E-state index >= 15 is 0 Å². The minimum Gasteiger partial charge on any atom is -0.370 e. The van der Waals surface area contributed by atoms with Gasteiger partial charge in [0.15, 0.2) is 0 Å². The van der Waals surface area contributed by atoms with E-state index in [0.29, 0.717) is 0 Å². The Morgan fingerprint density at radius 3 is 1.62 bits per heavy atom. The lowest BCUT2D eigenvalue weighted by Gasteiger charge is -1.60. The highest BCUT2D eigenvalue weighted by molar-refractivity contribution is 7.30. The minimum atomic E-state index is -2.87. The zero-order chi connectivity index (χ0) is 7.15. The van der Waals surface area contributed by atoms with E-state index in [2.05, 4.69) is 5.73 Å². The molecule has 0 saturated carbocycles. The quantitative estimate of drug-likeness (QED) is 0.380. The molecule has 48 valence electrons. The summed E-state index contributed by atoms with van der Waals surface area (Å²) in [5.74, 6) is -0.333. The maximum Gasteiger partial charge on any atom is 0.692 e. The third-order valence-corrected chi connectivity index (χ3v) is 0. The third kappa shape index (κ3) is 426. The predicted octanol–water partition coefficient (Wildman–Crippen LogP) is -0.880. The molecule has 0 aromatic rings. The second-order valence-electron chi connectivity index (χ2n) is 0.863. The van der Waals surface area contributed by atoms with Crippen molar-refractivity contribution in [3.05, 3.63) is 0 Å². The van der Waals surface area contributed by atoms with Crippen LogP contribution in [0.25, 0.3) is 0 Å². The van der Waals surface area contributed by atoms with E-state index in [-0.39, 0.29) is 5.91 Å². The molecule has 0 aromatic carbocycles. The number of rotatable bonds is 0. The number of hydrogen-bond acceptors (Lipinski definition) is 2. The molecule has 6 heteroatoms. The van der Waals surface area contributed by atoms with Crippen molar-refractivity contribution >= 4 is 14.2 Å². The molecule has 1 amide bonds. The molecule has 0 spiro atoms. The van der Waals surface area contributed by atoms with Gasteiger partial charge in [0.1, 0.15) is 0 Å². The summed E-state index contributed by atoms with van der Waals surface area (Å²) in [6, 6.07) is 0. The van der Waals surface area contributed by atoms with Gasteiger partial charge in [-0.3, -0.25) is 4.79 Å². The summed E-state index contributed by atoms with van der Waals surface area (Å²) in [5.41, 5.74) is 4.47. The van der Waals surface area contributed by atoms with Gasteiger partial charge in [-0.2, -0.15) is 0 Å². The van der Waals surface area contributed by atoms with E-state index in [1.54, 1.807) is 0 Å². The van der Waals surface area contributed by atoms with Crippen molar-refractivity contribution in [1.29, 1.82) is 0 Å². The summed E-state index contributed by atoms with van der Waals surface area (Å²) in [6.07, 6.45) is 0. The Balaban J connectivity index is 0. The van der Waals surface area contributed by atoms with Crippen LogP contribution in [0, 0.1) is 0 Å². The van der Waals surface area contributed by atoms with Gasteiger partial charge in [0.05, 0.1) is 0 Å². The highest BCUT2D eigenvalue weighted by Crippen LogP contribution is 1.98. The average molecular weight is 140 g/mol. The van der Waals surface area contributed by atoms with Crippen LogP contribution in [-0.4, -0.2) is 15.7 Å². The summed E-state index contributed by atoms with van der Waals surface area (Å²) in [6.45, 7) is 1.31. The number of nitrogens with two attached hydrogens (primary N) is 1. The van der Waals surface area contributed by atoms with Gasteiger partial charge < -0.3 is 5.73 Å². The first-order chi connectivity index (χ1) is 3.46. The Labute approximate surface area is 47.1 Å². The average Bonchev–Trinajstić information content (AvgIpc) is 1.25. The van der Waals surface area contributed by atoms with E-state index in [1.165, 1.54) is 6.92 Å². The van der Waals surface area contributed by atoms with Crippen LogP contribution >= 0.6 is 8.25 Å². The van der Waals surface area contributed by atoms with E-state index in [0.717, 1.165) is 0 Å². The molecule has 0 aliphatic heterocycles. The minimum absolute atomic E-state index is 0.333. The number of hydrogen-bond donors (Lipinski definition) is 3. The van der Waals surface area contributed by atoms with Crippen molar-refractivity contribution in [1.82, 2.24) is 0 Å². The van der Waals surface area contributed by atoms with Crippen LogP contribution in [0.2, 0.25) is 0 Å². The Hall–Kier alpha value is -0.510. The Morgan fingerprint density at radius 1 is 1.62 bits per heavy atom. The molecule has 0 aromatic heterocycles. The van der Waals surface area contributed by atoms with E-state index < -0.39 is 8.25 Å². The summed E-state index contributed by atoms with van der Waals surface area (Å²) in [5, 5.41) is 0. The van der Waals surface area contributed by atoms with Crippen LogP contribution in [0.3, 0.4) is 0 Å². The molecule has 5 nitrogen and oxygen atoms in total. The molecule has 0 saturated heterocycles. The Bertz CT molecular complexity index is 72.0. The number of carbonyl (C=O) groups excluding carboxylic acids is 1. The molecule has 0 heterocycles. The van der Waals surface area contributed by atoms with Gasteiger partial charge in [-0.1, -0.05) is 0 Å². The summed E-state index contributed by atoms with van der Waals surface area (Å²) >= 11 is 0. The first-order valence-electron chi connectivity index (χ1n) is 1.58. The molecular formula is C2H7NO4P+. The first-order valence-corrected chi connectivity index (χ1v) is 2.74. The summed E-state index contributed by atoms with van der Waals surface area (Å²) < 4.78 is 8.70. The molecule has 0 fully saturated rings. The van der Waals surface area contributed by atoms with Gasteiger partial charge in [-0.15, -0.1) is 9.79 Å². The van der Waals surface area contributed by atoms with Gasteiger partial charge in [-0.25, -0.2) is 0 Å². The van der Waals surface area contributed by atoms with Crippen LogP contribution in [-0.2, 0) is 9.36 Å². The van der Waals surface area contributed by atoms with Crippen molar-refractivity contribution < 1.29 is 19.1 Å². The molecule has 0 bridgehead atoms. The molecule has 0 unspecified atom stereocenters. The lowest BCUT2D eigenvalue weighted by molar-refractivity contribution is -0.115. The van der Waals surface area contributed by atoms with Crippen molar-refractivity contribution in [3.8, 4) is 0 Å². The number of primary amides is 1. The van der Waals surface area contributed by atoms with Gasteiger partial charge in [0.2, 0.25) is 5.91 Å². The van der Waals surface area contributed by atoms with Crippen LogP contribution < -0.4 is 5.73 Å². The highest BCUT2D eigenvalue weighted by Gasteiger charge is 1.93. The van der Waals surface area contributed by atoms with Crippen LogP contribution in [0.4, 0.5) is 0 Å². The van der Waals surface area contributed by atoms with Gasteiger partial charge >= 0.3 is 8.25 Å². The van der Waals surface area contributed by atoms with Gasteiger partial charge in [-0.05, 0) is 0 Å². The molecule has 8 heavy (non-hydrogen) atoms. The predicted molar refractivity (Wildman–Crippen MR) is 26.9 cm³/mol. The normalized spacial score (nSPS) is 6.38. The lowest BCUT2D eigenvalue weighted by atomic mass is 10.8.